The fraction of sp³-hybridized carbons (Fsp3) is 0.484. The highest BCUT2D eigenvalue weighted by Crippen LogP contribution is 2.40. The van der Waals surface area contributed by atoms with Gasteiger partial charge in [0.1, 0.15) is 11.5 Å². The summed E-state index contributed by atoms with van der Waals surface area (Å²) >= 11 is 0. The minimum Gasteiger partial charge on any atom is -0.466 e. The molecule has 1 aromatic carbocycles. The average Bonchev–Trinajstić information content (AvgIpc) is 3.62. The first-order valence-electron chi connectivity index (χ1n) is 14.4. The number of aryl methyl sites for hydroxylation is 1. The summed E-state index contributed by atoms with van der Waals surface area (Å²) in [5.41, 5.74) is 4.28. The van der Waals surface area contributed by atoms with Gasteiger partial charge in [0.15, 0.2) is 5.65 Å². The third kappa shape index (κ3) is 4.75. The molecule has 0 radical (unpaired) electrons. The van der Waals surface area contributed by atoms with Gasteiger partial charge in [-0.25, -0.2) is 18.7 Å². The van der Waals surface area contributed by atoms with E-state index in [2.05, 4.69) is 21.9 Å². The Hall–Kier alpha value is -3.75. The van der Waals surface area contributed by atoms with Gasteiger partial charge in [-0.15, -0.1) is 0 Å². The molecule has 2 fully saturated rings. The molecule has 2 aliphatic heterocycles. The summed E-state index contributed by atoms with van der Waals surface area (Å²) in [6.07, 6.45) is 7.68. The number of ether oxygens (including phenoxy) is 1. The smallest absolute Gasteiger partial charge is 0.333 e. The predicted octanol–water partition coefficient (Wildman–Crippen LogP) is 5.06. The van der Waals surface area contributed by atoms with Crippen LogP contribution in [0.25, 0.3) is 16.9 Å². The first kappa shape index (κ1) is 26.5. The topological polar surface area (TPSA) is 80.0 Å². The normalized spacial score (nSPS) is 22.8. The molecule has 0 spiro atoms. The van der Waals surface area contributed by atoms with E-state index in [0.29, 0.717) is 41.4 Å². The van der Waals surface area contributed by atoms with Crippen molar-refractivity contribution >= 4 is 23.2 Å². The Bertz CT molecular complexity index is 1500. The van der Waals surface area contributed by atoms with Crippen molar-refractivity contribution in [3.63, 3.8) is 0 Å². The maximum Gasteiger partial charge on any atom is 0.333 e. The number of rotatable bonds is 5. The number of carbonyl (C=O) groups is 2. The van der Waals surface area contributed by atoms with Gasteiger partial charge < -0.3 is 14.5 Å². The van der Waals surface area contributed by atoms with Crippen LogP contribution >= 0.6 is 0 Å². The van der Waals surface area contributed by atoms with Crippen LogP contribution in [0.2, 0.25) is 0 Å². The lowest BCUT2D eigenvalue weighted by molar-refractivity contribution is -0.136. The zero-order valence-electron chi connectivity index (χ0n) is 23.4. The van der Waals surface area contributed by atoms with Crippen LogP contribution in [0, 0.1) is 17.7 Å². The molecule has 2 saturated heterocycles. The number of hydrogen-bond acceptors (Lipinski definition) is 6. The number of esters is 1. The van der Waals surface area contributed by atoms with Crippen molar-refractivity contribution in [2.75, 3.05) is 31.6 Å². The summed E-state index contributed by atoms with van der Waals surface area (Å²) < 4.78 is 22.1. The van der Waals surface area contributed by atoms with Crippen molar-refractivity contribution in [3.05, 3.63) is 59.2 Å². The van der Waals surface area contributed by atoms with E-state index >= 15 is 4.39 Å². The van der Waals surface area contributed by atoms with E-state index in [4.69, 9.17) is 4.74 Å². The van der Waals surface area contributed by atoms with Crippen molar-refractivity contribution < 1.29 is 18.7 Å². The predicted molar refractivity (Wildman–Crippen MR) is 151 cm³/mol. The second-order valence-electron chi connectivity index (χ2n) is 11.4. The number of likely N-dealkylation sites (tertiary alicyclic amines) is 1. The summed E-state index contributed by atoms with van der Waals surface area (Å²) in [4.78, 5) is 34.1. The number of fused-ring (bicyclic) bond motifs is 2. The van der Waals surface area contributed by atoms with Crippen molar-refractivity contribution in [1.29, 1.82) is 0 Å². The summed E-state index contributed by atoms with van der Waals surface area (Å²) in [7, 11) is 1.41. The quantitative estimate of drug-likeness (QED) is 0.417. The fourth-order valence-corrected chi connectivity index (χ4v) is 6.57. The number of methoxy groups -OCH3 is 1. The number of carbonyl (C=O) groups excluding carboxylic acids is 2. The van der Waals surface area contributed by atoms with Crippen molar-refractivity contribution in [1.82, 2.24) is 19.5 Å². The molecule has 210 valence electrons. The fourth-order valence-electron chi connectivity index (χ4n) is 6.57. The largest absolute Gasteiger partial charge is 0.466 e. The number of amides is 1. The van der Waals surface area contributed by atoms with Gasteiger partial charge >= 0.3 is 5.97 Å². The lowest BCUT2D eigenvalue weighted by Crippen LogP contribution is -2.38. The maximum absolute atomic E-state index is 15.5. The molecule has 1 amide bonds. The molecule has 9 heteroatoms. The van der Waals surface area contributed by atoms with Crippen LogP contribution in [0.3, 0.4) is 0 Å². The van der Waals surface area contributed by atoms with Crippen LogP contribution in [0.1, 0.15) is 62.1 Å². The molecular weight excluding hydrogens is 509 g/mol. The Morgan fingerprint density at radius 3 is 2.73 bits per heavy atom. The number of hydrogen-bond donors (Lipinski definition) is 0. The molecule has 8 nitrogen and oxygen atoms in total. The molecule has 1 aliphatic carbocycles. The van der Waals surface area contributed by atoms with Gasteiger partial charge in [0, 0.05) is 54.3 Å². The molecule has 3 aromatic rings. The van der Waals surface area contributed by atoms with E-state index in [9.17, 15) is 9.59 Å². The minimum absolute atomic E-state index is 0.0474. The number of anilines is 1. The lowest BCUT2D eigenvalue weighted by Gasteiger charge is -2.27. The highest BCUT2D eigenvalue weighted by atomic mass is 19.1. The molecule has 3 atom stereocenters. The molecule has 0 bridgehead atoms. The average molecular weight is 546 g/mol. The van der Waals surface area contributed by atoms with Crippen molar-refractivity contribution in [3.8, 4) is 11.3 Å². The van der Waals surface area contributed by atoms with Crippen LogP contribution in [-0.4, -0.2) is 64.2 Å². The Balaban J connectivity index is 1.25. The first-order chi connectivity index (χ1) is 19.4. The van der Waals surface area contributed by atoms with Gasteiger partial charge in [0.25, 0.3) is 5.91 Å². The van der Waals surface area contributed by atoms with Gasteiger partial charge in [0.05, 0.1) is 12.8 Å². The molecule has 2 aromatic heterocycles. The van der Waals surface area contributed by atoms with Crippen LogP contribution < -0.4 is 4.90 Å². The van der Waals surface area contributed by atoms with E-state index in [0.717, 1.165) is 62.3 Å². The molecule has 3 aliphatic rings. The highest BCUT2D eigenvalue weighted by Gasteiger charge is 2.38. The number of nitrogens with zero attached hydrogens (tertiary/aromatic N) is 5. The minimum atomic E-state index is -0.350. The van der Waals surface area contributed by atoms with Gasteiger partial charge in [-0.2, -0.15) is 5.10 Å². The van der Waals surface area contributed by atoms with E-state index in [-0.39, 0.29) is 29.7 Å². The SMILES string of the molecule is CCc1cc(C(=O)N2CCCCC[C@H]2C)nc2cc(-c3ccc(N4CC5C=C(C(=O)OC)CC5C4)cc3F)nn12. The third-order valence-electron chi connectivity index (χ3n) is 8.83. The Morgan fingerprint density at radius 2 is 1.98 bits per heavy atom. The molecule has 4 heterocycles. The van der Waals surface area contributed by atoms with Crippen LogP contribution in [0.15, 0.2) is 42.0 Å². The standard InChI is InChI=1S/C31H36FN5O3/c1-4-23-15-28(30(38)36-11-7-5-6-8-19(36)2)33-29-16-27(34-37(23)29)25-10-9-24(14-26(25)32)35-17-21-12-20(31(39)40-3)13-22(21)18-35/h9-10,12,14-16,19,21-22H,4-8,11,13,17-18H2,1-3H3/t19-,21?,22?/m1/s1. The molecular formula is C31H36FN5O3. The monoisotopic (exact) mass is 545 g/mol. The van der Waals surface area contributed by atoms with E-state index in [1.54, 1.807) is 22.7 Å². The number of benzene rings is 1. The molecule has 0 N–H and O–H groups in total. The third-order valence-corrected chi connectivity index (χ3v) is 8.83. The second-order valence-corrected chi connectivity index (χ2v) is 11.4. The van der Waals surface area contributed by atoms with E-state index in [1.165, 1.54) is 7.11 Å². The zero-order valence-corrected chi connectivity index (χ0v) is 23.4. The van der Waals surface area contributed by atoms with Crippen LogP contribution in [-0.2, 0) is 16.0 Å². The summed E-state index contributed by atoms with van der Waals surface area (Å²) in [6, 6.07) is 9.04. The number of aromatic nitrogens is 3. The molecule has 6 rings (SSSR count). The summed E-state index contributed by atoms with van der Waals surface area (Å²) in [6.45, 7) is 6.39. The van der Waals surface area contributed by atoms with Crippen LogP contribution in [0.5, 0.6) is 0 Å². The summed E-state index contributed by atoms with van der Waals surface area (Å²) in [5, 5.41) is 4.69. The zero-order chi connectivity index (χ0) is 28.0. The Kier molecular flexibility index (Phi) is 7.06. The second kappa shape index (κ2) is 10.7. The molecule has 2 unspecified atom stereocenters. The number of halogens is 1. The maximum atomic E-state index is 15.5. The van der Waals surface area contributed by atoms with Gasteiger partial charge in [-0.05, 0) is 68.7 Å². The van der Waals surface area contributed by atoms with Crippen molar-refractivity contribution in [2.45, 2.75) is 58.4 Å². The summed E-state index contributed by atoms with van der Waals surface area (Å²) in [5.74, 6) is -0.0473. The van der Waals surface area contributed by atoms with Gasteiger partial charge in [-0.1, -0.05) is 25.8 Å². The molecule has 0 saturated carbocycles. The molecule has 40 heavy (non-hydrogen) atoms. The first-order valence-corrected chi connectivity index (χ1v) is 14.4. The Labute approximate surface area is 233 Å². The van der Waals surface area contributed by atoms with Gasteiger partial charge in [-0.3, -0.25) is 4.79 Å². The highest BCUT2D eigenvalue weighted by molar-refractivity contribution is 5.93. The van der Waals surface area contributed by atoms with E-state index in [1.807, 2.05) is 30.0 Å². The van der Waals surface area contributed by atoms with Crippen molar-refractivity contribution in [2.24, 2.45) is 11.8 Å². The van der Waals surface area contributed by atoms with Gasteiger partial charge in [0.2, 0.25) is 0 Å². The Morgan fingerprint density at radius 1 is 1.12 bits per heavy atom. The van der Waals surface area contributed by atoms with Crippen LogP contribution in [0.4, 0.5) is 10.1 Å². The lowest BCUT2D eigenvalue weighted by atomic mass is 10.00. The van der Waals surface area contributed by atoms with E-state index < -0.39 is 0 Å².